The third-order valence-corrected chi connectivity index (χ3v) is 4.51. The second-order valence-corrected chi connectivity index (χ2v) is 5.92. The number of anilines is 1. The smallest absolute Gasteiger partial charge is 0.259 e. The molecule has 0 radical (unpaired) electrons. The van der Waals surface area contributed by atoms with E-state index in [-0.39, 0.29) is 12.5 Å². The summed E-state index contributed by atoms with van der Waals surface area (Å²) in [7, 11) is 0. The van der Waals surface area contributed by atoms with Crippen molar-refractivity contribution in [2.24, 2.45) is 0 Å². The highest BCUT2D eigenvalue weighted by molar-refractivity contribution is 6.09. The van der Waals surface area contributed by atoms with Crippen LogP contribution < -0.4 is 4.90 Å². The maximum atomic E-state index is 12.7. The lowest BCUT2D eigenvalue weighted by Crippen LogP contribution is -2.51. The Hall–Kier alpha value is -2.37. The average Bonchev–Trinajstić information content (AvgIpc) is 3.04. The van der Waals surface area contributed by atoms with Crippen LogP contribution in [0.3, 0.4) is 0 Å². The van der Waals surface area contributed by atoms with Crippen LogP contribution in [-0.2, 0) is 4.79 Å². The van der Waals surface area contributed by atoms with Gasteiger partial charge in [-0.1, -0.05) is 20.3 Å². The zero-order valence-electron chi connectivity index (χ0n) is 13.6. The van der Waals surface area contributed by atoms with E-state index in [1.807, 2.05) is 12.3 Å². The van der Waals surface area contributed by atoms with Gasteiger partial charge in [-0.2, -0.15) is 0 Å². The minimum absolute atomic E-state index is 0.114. The van der Waals surface area contributed by atoms with E-state index in [0.29, 0.717) is 18.3 Å². The van der Waals surface area contributed by atoms with E-state index in [4.69, 9.17) is 0 Å². The van der Waals surface area contributed by atoms with Gasteiger partial charge >= 0.3 is 0 Å². The van der Waals surface area contributed by atoms with E-state index < -0.39 is 0 Å². The molecule has 1 aliphatic heterocycles. The SMILES string of the molecule is CCCC(CC)N1CN(CC=O)C(=O)c2cnc3[nH]ccc3c21. The monoisotopic (exact) mass is 314 g/mol. The first-order chi connectivity index (χ1) is 11.2. The van der Waals surface area contributed by atoms with E-state index >= 15 is 0 Å². The van der Waals surface area contributed by atoms with Crippen molar-refractivity contribution in [3.63, 3.8) is 0 Å². The number of H-pyrrole nitrogens is 1. The number of aldehydes is 1. The second kappa shape index (κ2) is 6.40. The lowest BCUT2D eigenvalue weighted by atomic mass is 10.0. The Balaban J connectivity index is 2.15. The number of pyridine rings is 1. The predicted octanol–water partition coefficient (Wildman–Crippen LogP) is 2.56. The van der Waals surface area contributed by atoms with Crippen molar-refractivity contribution in [1.82, 2.24) is 14.9 Å². The van der Waals surface area contributed by atoms with Crippen LogP contribution in [-0.4, -0.2) is 46.3 Å². The maximum absolute atomic E-state index is 12.7. The van der Waals surface area contributed by atoms with Gasteiger partial charge in [0, 0.05) is 23.8 Å². The van der Waals surface area contributed by atoms with Gasteiger partial charge in [-0.3, -0.25) is 4.79 Å². The Bertz CT molecular complexity index is 724. The predicted molar refractivity (Wildman–Crippen MR) is 89.5 cm³/mol. The molecule has 3 rings (SSSR count). The van der Waals surface area contributed by atoms with Gasteiger partial charge in [0.1, 0.15) is 11.9 Å². The highest BCUT2D eigenvalue weighted by atomic mass is 16.2. The first kappa shape index (κ1) is 15.5. The normalized spacial score (nSPS) is 15.8. The second-order valence-electron chi connectivity index (χ2n) is 5.92. The number of hydrogen-bond donors (Lipinski definition) is 1. The van der Waals surface area contributed by atoms with E-state index in [1.165, 1.54) is 0 Å². The Kier molecular flexibility index (Phi) is 4.32. The molecule has 6 heteroatoms. The molecule has 0 saturated carbocycles. The fraction of sp³-hybridized carbons (Fsp3) is 0.471. The number of carbonyl (C=O) groups excluding carboxylic acids is 2. The maximum Gasteiger partial charge on any atom is 0.259 e. The zero-order chi connectivity index (χ0) is 16.4. The van der Waals surface area contributed by atoms with Crippen molar-refractivity contribution in [3.05, 3.63) is 24.0 Å². The van der Waals surface area contributed by atoms with Crippen molar-refractivity contribution in [2.75, 3.05) is 18.1 Å². The first-order valence-electron chi connectivity index (χ1n) is 8.16. The average molecular weight is 314 g/mol. The molecule has 122 valence electrons. The van der Waals surface area contributed by atoms with Crippen LogP contribution in [0.4, 0.5) is 5.69 Å². The number of nitrogens with zero attached hydrogens (tertiary/aromatic N) is 3. The van der Waals surface area contributed by atoms with Crippen molar-refractivity contribution in [3.8, 4) is 0 Å². The molecule has 1 atom stereocenters. The molecule has 2 aromatic heterocycles. The Morgan fingerprint density at radius 3 is 2.96 bits per heavy atom. The first-order valence-corrected chi connectivity index (χ1v) is 8.16. The molecule has 1 aliphatic rings. The summed E-state index contributed by atoms with van der Waals surface area (Å²) >= 11 is 0. The highest BCUT2D eigenvalue weighted by Gasteiger charge is 2.34. The summed E-state index contributed by atoms with van der Waals surface area (Å²) < 4.78 is 0. The molecule has 0 bridgehead atoms. The number of aromatic nitrogens is 2. The number of carbonyl (C=O) groups is 2. The van der Waals surface area contributed by atoms with Crippen LogP contribution in [0.5, 0.6) is 0 Å². The topological polar surface area (TPSA) is 69.3 Å². The van der Waals surface area contributed by atoms with Gasteiger partial charge in [0.15, 0.2) is 0 Å². The molecule has 1 N–H and O–H groups in total. The van der Waals surface area contributed by atoms with Crippen molar-refractivity contribution < 1.29 is 9.59 Å². The molecular formula is C17H22N4O2. The Morgan fingerprint density at radius 1 is 1.43 bits per heavy atom. The van der Waals surface area contributed by atoms with E-state index in [2.05, 4.69) is 28.7 Å². The third kappa shape index (κ3) is 2.58. The molecule has 1 unspecified atom stereocenters. The fourth-order valence-electron chi connectivity index (χ4n) is 3.39. The van der Waals surface area contributed by atoms with Crippen LogP contribution in [0.15, 0.2) is 18.5 Å². The lowest BCUT2D eigenvalue weighted by molar-refractivity contribution is -0.108. The van der Waals surface area contributed by atoms with Crippen molar-refractivity contribution >= 4 is 28.9 Å². The number of amides is 1. The molecule has 2 aromatic rings. The molecule has 3 heterocycles. The molecule has 6 nitrogen and oxygen atoms in total. The van der Waals surface area contributed by atoms with E-state index in [0.717, 1.165) is 42.3 Å². The van der Waals surface area contributed by atoms with Gasteiger partial charge in [-0.25, -0.2) is 4.98 Å². The van der Waals surface area contributed by atoms with Crippen molar-refractivity contribution in [1.29, 1.82) is 0 Å². The molecular weight excluding hydrogens is 292 g/mol. The highest BCUT2D eigenvalue weighted by Crippen LogP contribution is 2.36. The van der Waals surface area contributed by atoms with Crippen LogP contribution in [0, 0.1) is 0 Å². The van der Waals surface area contributed by atoms with Gasteiger partial charge < -0.3 is 19.6 Å². The molecule has 0 spiro atoms. The number of hydrogen-bond acceptors (Lipinski definition) is 4. The summed E-state index contributed by atoms with van der Waals surface area (Å²) in [6.45, 7) is 4.90. The minimum atomic E-state index is -0.120. The molecule has 23 heavy (non-hydrogen) atoms. The van der Waals surface area contributed by atoms with Crippen LogP contribution in [0.2, 0.25) is 0 Å². The molecule has 1 amide bonds. The number of aromatic amines is 1. The number of rotatable bonds is 6. The summed E-state index contributed by atoms with van der Waals surface area (Å²) in [4.78, 5) is 34.9. The molecule has 0 fully saturated rings. The Labute approximate surface area is 135 Å². The molecule has 0 aliphatic carbocycles. The third-order valence-electron chi connectivity index (χ3n) is 4.51. The number of nitrogens with one attached hydrogen (secondary N) is 1. The summed E-state index contributed by atoms with van der Waals surface area (Å²) in [6.07, 6.45) is 7.37. The van der Waals surface area contributed by atoms with Crippen LogP contribution >= 0.6 is 0 Å². The van der Waals surface area contributed by atoms with Crippen molar-refractivity contribution in [2.45, 2.75) is 39.2 Å². The summed E-state index contributed by atoms with van der Waals surface area (Å²) in [5.41, 5.74) is 2.32. The van der Waals surface area contributed by atoms with Gasteiger partial charge in [0.25, 0.3) is 5.91 Å². The van der Waals surface area contributed by atoms with Crippen LogP contribution in [0.1, 0.15) is 43.5 Å². The summed E-state index contributed by atoms with van der Waals surface area (Å²) in [5.74, 6) is -0.120. The van der Waals surface area contributed by atoms with E-state index in [9.17, 15) is 9.59 Å². The summed E-state index contributed by atoms with van der Waals surface area (Å²) in [5, 5.41) is 0.969. The van der Waals surface area contributed by atoms with Crippen LogP contribution in [0.25, 0.3) is 11.0 Å². The number of fused-ring (bicyclic) bond motifs is 3. The molecule has 0 saturated heterocycles. The van der Waals surface area contributed by atoms with Gasteiger partial charge in [0.2, 0.25) is 0 Å². The summed E-state index contributed by atoms with van der Waals surface area (Å²) in [6, 6.07) is 2.30. The lowest BCUT2D eigenvalue weighted by Gasteiger charge is -2.42. The zero-order valence-corrected chi connectivity index (χ0v) is 13.6. The Morgan fingerprint density at radius 2 is 2.26 bits per heavy atom. The van der Waals surface area contributed by atoms with Gasteiger partial charge in [0.05, 0.1) is 24.5 Å². The minimum Gasteiger partial charge on any atom is -0.349 e. The standard InChI is InChI=1S/C17H22N4O2/c1-3-5-12(4-2)21-11-20(8-9-22)17(23)14-10-19-16-13(15(14)21)6-7-18-16/h6-7,9-10,12H,3-5,8,11H2,1-2H3,(H,18,19). The largest absolute Gasteiger partial charge is 0.349 e. The van der Waals surface area contributed by atoms with E-state index in [1.54, 1.807) is 11.1 Å². The fourth-order valence-corrected chi connectivity index (χ4v) is 3.39. The van der Waals surface area contributed by atoms with Gasteiger partial charge in [-0.05, 0) is 18.9 Å². The quantitative estimate of drug-likeness (QED) is 0.832. The van der Waals surface area contributed by atoms with Gasteiger partial charge in [-0.15, -0.1) is 0 Å². The molecule has 0 aromatic carbocycles.